The van der Waals surface area contributed by atoms with Crippen LogP contribution in [0.1, 0.15) is 46.5 Å². The lowest BCUT2D eigenvalue weighted by atomic mass is 10.1. The molecule has 1 aliphatic heterocycles. The molecule has 6 nitrogen and oxygen atoms in total. The van der Waals surface area contributed by atoms with Crippen LogP contribution in [-0.2, 0) is 0 Å². The van der Waals surface area contributed by atoms with Crippen molar-refractivity contribution in [3.05, 3.63) is 59.2 Å². The zero-order valence-electron chi connectivity index (χ0n) is 18.9. The van der Waals surface area contributed by atoms with Crippen LogP contribution in [0.4, 0.5) is 0 Å². The molecule has 1 aliphatic rings. The van der Waals surface area contributed by atoms with Crippen molar-refractivity contribution in [2.45, 2.75) is 27.2 Å². The summed E-state index contributed by atoms with van der Waals surface area (Å²) in [6.45, 7) is 8.96. The van der Waals surface area contributed by atoms with Crippen LogP contribution in [0.25, 0.3) is 0 Å². The van der Waals surface area contributed by atoms with Gasteiger partial charge >= 0.3 is 0 Å². The number of methoxy groups -OCH3 is 1. The van der Waals surface area contributed by atoms with Gasteiger partial charge in [0.25, 0.3) is 11.8 Å². The number of benzene rings is 2. The van der Waals surface area contributed by atoms with Gasteiger partial charge in [-0.1, -0.05) is 31.5 Å². The normalized spacial score (nSPS) is 14.0. The van der Waals surface area contributed by atoms with E-state index in [0.29, 0.717) is 61.3 Å². The molecule has 2 aromatic carbocycles. The van der Waals surface area contributed by atoms with Crippen LogP contribution < -0.4 is 9.47 Å². The van der Waals surface area contributed by atoms with Gasteiger partial charge in [-0.25, -0.2) is 0 Å². The molecule has 0 atom stereocenters. The molecule has 6 heteroatoms. The van der Waals surface area contributed by atoms with E-state index in [1.54, 1.807) is 35.1 Å². The van der Waals surface area contributed by atoms with Gasteiger partial charge in [0, 0.05) is 37.3 Å². The largest absolute Gasteiger partial charge is 0.493 e. The van der Waals surface area contributed by atoms with Crippen molar-refractivity contribution in [3.63, 3.8) is 0 Å². The topological polar surface area (TPSA) is 59.1 Å². The molecule has 2 aromatic rings. The average molecular weight is 425 g/mol. The summed E-state index contributed by atoms with van der Waals surface area (Å²) in [7, 11) is 1.58. The average Bonchev–Trinajstić information content (AvgIpc) is 2.78. The van der Waals surface area contributed by atoms with Crippen molar-refractivity contribution >= 4 is 11.8 Å². The first-order valence-electron chi connectivity index (χ1n) is 10.8. The summed E-state index contributed by atoms with van der Waals surface area (Å²) in [5.41, 5.74) is 2.37. The Balaban J connectivity index is 1.59. The summed E-state index contributed by atoms with van der Waals surface area (Å²) in [6.07, 6.45) is 0.954. The smallest absolute Gasteiger partial charge is 0.254 e. The molecule has 1 saturated heterocycles. The van der Waals surface area contributed by atoms with Crippen molar-refractivity contribution in [3.8, 4) is 11.5 Å². The molecular weight excluding hydrogens is 392 g/mol. The van der Waals surface area contributed by atoms with E-state index in [2.05, 4.69) is 13.8 Å². The third kappa shape index (κ3) is 5.78. The SMILES string of the molecule is COc1cc(C(=O)N2CCN(C(=O)c3ccc(C)cc3)CC2)ccc1OCCC(C)C. The minimum Gasteiger partial charge on any atom is -0.493 e. The lowest BCUT2D eigenvalue weighted by Crippen LogP contribution is -2.50. The van der Waals surface area contributed by atoms with Crippen molar-refractivity contribution in [1.82, 2.24) is 9.80 Å². The molecule has 0 radical (unpaired) electrons. The number of ether oxygens (including phenoxy) is 2. The zero-order valence-corrected chi connectivity index (χ0v) is 18.9. The Morgan fingerprint density at radius 3 is 1.97 bits per heavy atom. The van der Waals surface area contributed by atoms with Gasteiger partial charge in [-0.2, -0.15) is 0 Å². The third-order valence-electron chi connectivity index (χ3n) is 5.52. The lowest BCUT2D eigenvalue weighted by Gasteiger charge is -2.35. The molecule has 3 rings (SSSR count). The zero-order chi connectivity index (χ0) is 22.4. The summed E-state index contributed by atoms with van der Waals surface area (Å²) in [5.74, 6) is 1.71. The summed E-state index contributed by atoms with van der Waals surface area (Å²) < 4.78 is 11.3. The van der Waals surface area contributed by atoms with E-state index in [1.165, 1.54) is 0 Å². The predicted octanol–water partition coefficient (Wildman–Crippen LogP) is 4.03. The highest BCUT2D eigenvalue weighted by molar-refractivity contribution is 5.96. The molecule has 0 unspecified atom stereocenters. The van der Waals surface area contributed by atoms with Crippen molar-refractivity contribution in [2.75, 3.05) is 39.9 Å². The van der Waals surface area contributed by atoms with Crippen LogP contribution in [0.15, 0.2) is 42.5 Å². The predicted molar refractivity (Wildman–Crippen MR) is 121 cm³/mol. The molecule has 1 fully saturated rings. The molecule has 0 N–H and O–H groups in total. The number of nitrogens with zero attached hydrogens (tertiary/aromatic N) is 2. The van der Waals surface area contributed by atoms with Gasteiger partial charge in [-0.3, -0.25) is 9.59 Å². The maximum absolute atomic E-state index is 13.0. The van der Waals surface area contributed by atoms with E-state index in [-0.39, 0.29) is 11.8 Å². The minimum atomic E-state index is -0.0607. The van der Waals surface area contributed by atoms with E-state index < -0.39 is 0 Å². The molecule has 2 amide bonds. The minimum absolute atomic E-state index is 0.0108. The fourth-order valence-corrected chi connectivity index (χ4v) is 3.50. The molecule has 0 spiro atoms. The number of carbonyl (C=O) groups is 2. The summed E-state index contributed by atoms with van der Waals surface area (Å²) in [6, 6.07) is 12.9. The summed E-state index contributed by atoms with van der Waals surface area (Å²) in [4.78, 5) is 29.3. The number of amides is 2. The standard InChI is InChI=1S/C25H32N2O4/c1-18(2)11-16-31-22-10-9-21(17-23(22)30-4)25(29)27-14-12-26(13-15-27)24(28)20-7-5-19(3)6-8-20/h5-10,17-18H,11-16H2,1-4H3. The fraction of sp³-hybridized carbons (Fsp3) is 0.440. The van der Waals surface area contributed by atoms with E-state index >= 15 is 0 Å². The molecule has 0 saturated carbocycles. The fourth-order valence-electron chi connectivity index (χ4n) is 3.50. The van der Waals surface area contributed by atoms with E-state index in [9.17, 15) is 9.59 Å². The monoisotopic (exact) mass is 424 g/mol. The first-order chi connectivity index (χ1) is 14.9. The Bertz CT molecular complexity index is 900. The number of aryl methyl sites for hydroxylation is 1. The van der Waals surface area contributed by atoms with Gasteiger partial charge < -0.3 is 19.3 Å². The van der Waals surface area contributed by atoms with E-state index in [1.807, 2.05) is 31.2 Å². The number of carbonyl (C=O) groups excluding carboxylic acids is 2. The van der Waals surface area contributed by atoms with Crippen LogP contribution in [0, 0.1) is 12.8 Å². The van der Waals surface area contributed by atoms with Gasteiger partial charge in [0.05, 0.1) is 13.7 Å². The van der Waals surface area contributed by atoms with Crippen molar-refractivity contribution in [2.24, 2.45) is 5.92 Å². The second kappa shape index (κ2) is 10.3. The van der Waals surface area contributed by atoms with Crippen LogP contribution in [-0.4, -0.2) is 61.5 Å². The first-order valence-corrected chi connectivity index (χ1v) is 10.8. The number of piperazine rings is 1. The van der Waals surface area contributed by atoms with Crippen LogP contribution in [0.3, 0.4) is 0 Å². The number of rotatable bonds is 7. The Morgan fingerprint density at radius 2 is 1.42 bits per heavy atom. The van der Waals surface area contributed by atoms with Gasteiger partial charge in [0.2, 0.25) is 0 Å². The Kier molecular flexibility index (Phi) is 7.55. The third-order valence-corrected chi connectivity index (χ3v) is 5.52. The van der Waals surface area contributed by atoms with Crippen molar-refractivity contribution in [1.29, 1.82) is 0 Å². The highest BCUT2D eigenvalue weighted by Gasteiger charge is 2.26. The molecule has 1 heterocycles. The second-order valence-corrected chi connectivity index (χ2v) is 8.35. The molecular formula is C25H32N2O4. The van der Waals surface area contributed by atoms with Gasteiger partial charge in [0.1, 0.15) is 0 Å². The number of hydrogen-bond donors (Lipinski definition) is 0. The quantitative estimate of drug-likeness (QED) is 0.673. The molecule has 0 aromatic heterocycles. The van der Waals surface area contributed by atoms with Gasteiger partial charge in [-0.05, 0) is 49.6 Å². The van der Waals surface area contributed by atoms with E-state index in [0.717, 1.165) is 12.0 Å². The lowest BCUT2D eigenvalue weighted by molar-refractivity contribution is 0.0535. The first kappa shape index (κ1) is 22.7. The Morgan fingerprint density at radius 1 is 0.871 bits per heavy atom. The van der Waals surface area contributed by atoms with Gasteiger partial charge in [-0.15, -0.1) is 0 Å². The molecule has 166 valence electrons. The maximum atomic E-state index is 13.0. The van der Waals surface area contributed by atoms with E-state index in [4.69, 9.17) is 9.47 Å². The summed E-state index contributed by atoms with van der Waals surface area (Å²) in [5, 5.41) is 0. The molecule has 0 bridgehead atoms. The highest BCUT2D eigenvalue weighted by Crippen LogP contribution is 2.29. The maximum Gasteiger partial charge on any atom is 0.254 e. The van der Waals surface area contributed by atoms with Gasteiger partial charge in [0.15, 0.2) is 11.5 Å². The van der Waals surface area contributed by atoms with Crippen LogP contribution >= 0.6 is 0 Å². The van der Waals surface area contributed by atoms with Crippen LogP contribution in [0.2, 0.25) is 0 Å². The Labute approximate surface area is 184 Å². The number of hydrogen-bond acceptors (Lipinski definition) is 4. The summed E-state index contributed by atoms with van der Waals surface area (Å²) >= 11 is 0. The van der Waals surface area contributed by atoms with Crippen LogP contribution in [0.5, 0.6) is 11.5 Å². The Hall–Kier alpha value is -3.02. The molecule has 0 aliphatic carbocycles. The second-order valence-electron chi connectivity index (χ2n) is 8.35. The van der Waals surface area contributed by atoms with Crippen molar-refractivity contribution < 1.29 is 19.1 Å². The molecule has 31 heavy (non-hydrogen) atoms. The highest BCUT2D eigenvalue weighted by atomic mass is 16.5.